The van der Waals surface area contributed by atoms with Crippen molar-refractivity contribution in [2.45, 2.75) is 0 Å². The van der Waals surface area contributed by atoms with Crippen LogP contribution in [0.25, 0.3) is 0 Å². The highest BCUT2D eigenvalue weighted by atomic mass is 16.1. The van der Waals surface area contributed by atoms with Crippen molar-refractivity contribution in [2.24, 2.45) is 0 Å². The third-order valence-corrected chi connectivity index (χ3v) is 1.60. The molecular weight excluding hydrogens is 162 g/mol. The molecule has 1 N–H and O–H groups in total. The van der Waals surface area contributed by atoms with Crippen LogP contribution in [0, 0.1) is 6.42 Å². The molecule has 0 aliphatic heterocycles. The molecule has 0 fully saturated rings. The lowest BCUT2D eigenvalue weighted by molar-refractivity contribution is -0.116. The SMILES string of the molecule is C=CC(=O)NC[CH]c1ccccc1. The van der Waals surface area contributed by atoms with Crippen LogP contribution in [-0.2, 0) is 4.79 Å². The fraction of sp³-hybridized carbons (Fsp3) is 0.0909. The fourth-order valence-corrected chi connectivity index (χ4v) is 0.931. The summed E-state index contributed by atoms with van der Waals surface area (Å²) in [6.07, 6.45) is 3.21. The predicted molar refractivity (Wildman–Crippen MR) is 53.1 cm³/mol. The number of rotatable bonds is 4. The molecule has 2 heteroatoms. The molecule has 1 amide bonds. The van der Waals surface area contributed by atoms with Crippen molar-refractivity contribution in [1.29, 1.82) is 0 Å². The number of hydrogen-bond acceptors (Lipinski definition) is 1. The van der Waals surface area contributed by atoms with E-state index in [1.54, 1.807) is 0 Å². The molecule has 1 aromatic carbocycles. The third kappa shape index (κ3) is 3.56. The quantitative estimate of drug-likeness (QED) is 0.689. The Kier molecular flexibility index (Phi) is 3.76. The molecule has 67 valence electrons. The van der Waals surface area contributed by atoms with Gasteiger partial charge in [-0.1, -0.05) is 36.9 Å². The summed E-state index contributed by atoms with van der Waals surface area (Å²) in [6, 6.07) is 9.85. The molecule has 13 heavy (non-hydrogen) atoms. The Bertz CT molecular complexity index is 279. The van der Waals surface area contributed by atoms with Crippen molar-refractivity contribution in [2.75, 3.05) is 6.54 Å². The zero-order valence-electron chi connectivity index (χ0n) is 7.36. The highest BCUT2D eigenvalue weighted by Crippen LogP contribution is 1.99. The Balaban J connectivity index is 2.28. The van der Waals surface area contributed by atoms with Crippen LogP contribution in [0.1, 0.15) is 5.56 Å². The van der Waals surface area contributed by atoms with E-state index in [0.29, 0.717) is 6.54 Å². The Morgan fingerprint density at radius 3 is 2.69 bits per heavy atom. The molecule has 2 nitrogen and oxygen atoms in total. The zero-order chi connectivity index (χ0) is 9.52. The van der Waals surface area contributed by atoms with Crippen LogP contribution in [0.3, 0.4) is 0 Å². The maximum absolute atomic E-state index is 10.8. The Morgan fingerprint density at radius 1 is 1.38 bits per heavy atom. The summed E-state index contributed by atoms with van der Waals surface area (Å²) in [6.45, 7) is 3.90. The minimum atomic E-state index is -0.146. The van der Waals surface area contributed by atoms with Crippen molar-refractivity contribution in [3.8, 4) is 0 Å². The third-order valence-electron chi connectivity index (χ3n) is 1.60. The van der Waals surface area contributed by atoms with Crippen LogP contribution in [0.4, 0.5) is 0 Å². The molecule has 0 aliphatic rings. The van der Waals surface area contributed by atoms with Gasteiger partial charge in [-0.15, -0.1) is 0 Å². The average molecular weight is 174 g/mol. The van der Waals surface area contributed by atoms with Gasteiger partial charge in [0.1, 0.15) is 0 Å². The summed E-state index contributed by atoms with van der Waals surface area (Å²) in [7, 11) is 0. The summed E-state index contributed by atoms with van der Waals surface area (Å²) >= 11 is 0. The number of benzene rings is 1. The Morgan fingerprint density at radius 2 is 2.08 bits per heavy atom. The first kappa shape index (κ1) is 9.52. The van der Waals surface area contributed by atoms with Gasteiger partial charge in [0.15, 0.2) is 0 Å². The van der Waals surface area contributed by atoms with Crippen LogP contribution in [0.2, 0.25) is 0 Å². The van der Waals surface area contributed by atoms with Crippen LogP contribution in [0.15, 0.2) is 43.0 Å². The lowest BCUT2D eigenvalue weighted by atomic mass is 10.1. The molecule has 0 aliphatic carbocycles. The van der Waals surface area contributed by atoms with E-state index >= 15 is 0 Å². The largest absolute Gasteiger partial charge is 0.352 e. The van der Waals surface area contributed by atoms with E-state index in [-0.39, 0.29) is 5.91 Å². The van der Waals surface area contributed by atoms with Crippen molar-refractivity contribution < 1.29 is 4.79 Å². The Labute approximate surface area is 78.3 Å². The summed E-state index contributed by atoms with van der Waals surface area (Å²) in [4.78, 5) is 10.8. The second-order valence-electron chi connectivity index (χ2n) is 2.56. The monoisotopic (exact) mass is 174 g/mol. The molecule has 1 aromatic rings. The van der Waals surface area contributed by atoms with Gasteiger partial charge in [0.05, 0.1) is 0 Å². The zero-order valence-corrected chi connectivity index (χ0v) is 7.36. The topological polar surface area (TPSA) is 29.1 Å². The van der Waals surface area contributed by atoms with Crippen molar-refractivity contribution in [3.05, 3.63) is 55.0 Å². The van der Waals surface area contributed by atoms with Gasteiger partial charge >= 0.3 is 0 Å². The molecule has 0 saturated heterocycles. The van der Waals surface area contributed by atoms with Gasteiger partial charge in [-0.2, -0.15) is 0 Å². The molecular formula is C11H12NO. The molecule has 0 atom stereocenters. The van der Waals surface area contributed by atoms with Crippen LogP contribution < -0.4 is 5.32 Å². The lowest BCUT2D eigenvalue weighted by Crippen LogP contribution is -2.22. The molecule has 0 heterocycles. The van der Waals surface area contributed by atoms with Gasteiger partial charge in [0.2, 0.25) is 5.91 Å². The van der Waals surface area contributed by atoms with Crippen LogP contribution >= 0.6 is 0 Å². The maximum Gasteiger partial charge on any atom is 0.243 e. The second-order valence-corrected chi connectivity index (χ2v) is 2.56. The van der Waals surface area contributed by atoms with E-state index in [4.69, 9.17) is 0 Å². The number of carbonyl (C=O) groups excluding carboxylic acids is 1. The summed E-state index contributed by atoms with van der Waals surface area (Å²) in [5.41, 5.74) is 1.10. The smallest absolute Gasteiger partial charge is 0.243 e. The first-order valence-electron chi connectivity index (χ1n) is 4.11. The van der Waals surface area contributed by atoms with E-state index in [0.717, 1.165) is 5.56 Å². The van der Waals surface area contributed by atoms with Gasteiger partial charge < -0.3 is 5.32 Å². The van der Waals surface area contributed by atoms with E-state index in [1.165, 1.54) is 6.08 Å². The molecule has 0 aromatic heterocycles. The van der Waals surface area contributed by atoms with Crippen LogP contribution in [0.5, 0.6) is 0 Å². The lowest BCUT2D eigenvalue weighted by Gasteiger charge is -2.01. The fourth-order valence-electron chi connectivity index (χ4n) is 0.931. The summed E-state index contributed by atoms with van der Waals surface area (Å²) in [5.74, 6) is -0.146. The van der Waals surface area contributed by atoms with Crippen molar-refractivity contribution in [3.63, 3.8) is 0 Å². The molecule has 0 saturated carbocycles. The maximum atomic E-state index is 10.8. The Hall–Kier alpha value is -1.57. The van der Waals surface area contributed by atoms with E-state index < -0.39 is 0 Å². The number of hydrogen-bond donors (Lipinski definition) is 1. The number of nitrogens with one attached hydrogen (secondary N) is 1. The normalized spacial score (nSPS) is 9.23. The molecule has 0 bridgehead atoms. The standard InChI is InChI=1S/C11H12NO/c1-2-11(13)12-9-8-10-6-4-3-5-7-10/h2-8H,1,9H2,(H,12,13). The van der Waals surface area contributed by atoms with E-state index in [2.05, 4.69) is 11.9 Å². The minimum Gasteiger partial charge on any atom is -0.352 e. The second kappa shape index (κ2) is 5.14. The molecule has 1 rings (SSSR count). The number of amides is 1. The summed E-state index contributed by atoms with van der Waals surface area (Å²) in [5, 5.41) is 2.67. The summed E-state index contributed by atoms with van der Waals surface area (Å²) < 4.78 is 0. The molecule has 0 unspecified atom stereocenters. The van der Waals surface area contributed by atoms with Gasteiger partial charge in [0, 0.05) is 13.0 Å². The minimum absolute atomic E-state index is 0.146. The first-order valence-corrected chi connectivity index (χ1v) is 4.11. The predicted octanol–water partition coefficient (Wildman–Crippen LogP) is 1.54. The van der Waals surface area contributed by atoms with Gasteiger partial charge in [-0.3, -0.25) is 4.79 Å². The van der Waals surface area contributed by atoms with Gasteiger partial charge in [-0.25, -0.2) is 0 Å². The van der Waals surface area contributed by atoms with E-state index in [1.807, 2.05) is 36.8 Å². The molecule has 1 radical (unpaired) electrons. The number of carbonyl (C=O) groups is 1. The van der Waals surface area contributed by atoms with Gasteiger partial charge in [-0.05, 0) is 11.6 Å². The highest BCUT2D eigenvalue weighted by Gasteiger charge is 1.94. The van der Waals surface area contributed by atoms with Crippen molar-refractivity contribution in [1.82, 2.24) is 5.32 Å². The van der Waals surface area contributed by atoms with Crippen LogP contribution in [-0.4, -0.2) is 12.5 Å². The average Bonchev–Trinajstić information content (AvgIpc) is 2.19. The van der Waals surface area contributed by atoms with Gasteiger partial charge in [0.25, 0.3) is 0 Å². The highest BCUT2D eigenvalue weighted by molar-refractivity contribution is 5.86. The first-order chi connectivity index (χ1) is 6.33. The molecule has 0 spiro atoms. The van der Waals surface area contributed by atoms with E-state index in [9.17, 15) is 4.79 Å². The van der Waals surface area contributed by atoms with Crippen molar-refractivity contribution >= 4 is 5.91 Å².